The van der Waals surface area contributed by atoms with E-state index in [2.05, 4.69) is 22.6 Å². The number of nitrogen functional groups attached to an aromatic ring is 1. The number of aryl methyl sites for hydroxylation is 1. The summed E-state index contributed by atoms with van der Waals surface area (Å²) >= 11 is 0. The van der Waals surface area contributed by atoms with E-state index >= 15 is 4.39 Å². The van der Waals surface area contributed by atoms with Crippen molar-refractivity contribution in [3.8, 4) is 0 Å². The molecule has 150 valence electrons. The van der Waals surface area contributed by atoms with Gasteiger partial charge in [0.1, 0.15) is 0 Å². The van der Waals surface area contributed by atoms with E-state index in [-0.39, 0.29) is 34.2 Å². The van der Waals surface area contributed by atoms with Gasteiger partial charge in [0.15, 0.2) is 11.7 Å². The summed E-state index contributed by atoms with van der Waals surface area (Å²) in [4.78, 5) is 12.8. The molecule has 2 aromatic carbocycles. The Bertz CT molecular complexity index is 1170. The Balaban J connectivity index is 1.78. The topological polar surface area (TPSA) is 119 Å². The van der Waals surface area contributed by atoms with Crippen molar-refractivity contribution in [1.29, 1.82) is 0 Å². The molecule has 1 heterocycles. The predicted molar refractivity (Wildman–Crippen MR) is 112 cm³/mol. The van der Waals surface area contributed by atoms with Crippen LogP contribution in [-0.4, -0.2) is 21.7 Å². The molecule has 0 aliphatic heterocycles. The highest BCUT2D eigenvalue weighted by Gasteiger charge is 2.39. The number of nitrogens with one attached hydrogen (secondary N) is 1. The second kappa shape index (κ2) is 7.12. The van der Waals surface area contributed by atoms with Gasteiger partial charge in [-0.2, -0.15) is 0 Å². The van der Waals surface area contributed by atoms with E-state index in [1.165, 1.54) is 11.8 Å². The Hall–Kier alpha value is -3.55. The van der Waals surface area contributed by atoms with Crippen LogP contribution in [0.5, 0.6) is 0 Å². The van der Waals surface area contributed by atoms with Gasteiger partial charge in [-0.05, 0) is 25.0 Å². The summed E-state index contributed by atoms with van der Waals surface area (Å²) in [7, 11) is 0. The molecule has 8 heteroatoms. The molecule has 6 N–H and O–H groups in total. The number of nitrogens with zero attached hydrogens (tertiary/aromatic N) is 2. The molecule has 0 amide bonds. The fraction of sp³-hybridized carbons (Fsp3) is 0.238. The molecule has 4 rings (SSSR count). The Morgan fingerprint density at radius 3 is 2.76 bits per heavy atom. The summed E-state index contributed by atoms with van der Waals surface area (Å²) in [6, 6.07) is 11.7. The minimum atomic E-state index is -0.673. The first-order chi connectivity index (χ1) is 14.0. The van der Waals surface area contributed by atoms with E-state index in [1.807, 2.05) is 25.1 Å². The van der Waals surface area contributed by atoms with Crippen LogP contribution < -0.4 is 22.2 Å². The van der Waals surface area contributed by atoms with Crippen LogP contribution in [0.15, 0.2) is 52.5 Å². The van der Waals surface area contributed by atoms with Gasteiger partial charge in [0.05, 0.1) is 27.8 Å². The predicted octanol–water partition coefficient (Wildman–Crippen LogP) is 2.81. The van der Waals surface area contributed by atoms with Gasteiger partial charge in [0.2, 0.25) is 5.43 Å². The van der Waals surface area contributed by atoms with Crippen LogP contribution in [0.4, 0.5) is 15.8 Å². The first-order valence-corrected chi connectivity index (χ1v) is 9.40. The molecule has 0 bridgehead atoms. The van der Waals surface area contributed by atoms with Crippen molar-refractivity contribution in [1.82, 2.24) is 4.57 Å². The highest BCUT2D eigenvalue weighted by atomic mass is 19.1. The van der Waals surface area contributed by atoms with Crippen LogP contribution in [0.25, 0.3) is 10.9 Å². The fourth-order valence-corrected chi connectivity index (χ4v) is 3.77. The summed E-state index contributed by atoms with van der Waals surface area (Å²) in [5, 5.41) is 15.1. The van der Waals surface area contributed by atoms with Crippen molar-refractivity contribution in [2.24, 2.45) is 10.9 Å². The lowest BCUT2D eigenvalue weighted by atomic mass is 10.1. The van der Waals surface area contributed by atoms with Crippen molar-refractivity contribution in [3.05, 3.63) is 69.8 Å². The van der Waals surface area contributed by atoms with Crippen molar-refractivity contribution in [2.75, 3.05) is 11.1 Å². The molecule has 1 fully saturated rings. The monoisotopic (exact) mass is 395 g/mol. The minimum absolute atomic E-state index is 0.0226. The Kier molecular flexibility index (Phi) is 4.62. The number of hydrogen-bond donors (Lipinski definition) is 4. The highest BCUT2D eigenvalue weighted by molar-refractivity contribution is 6.02. The van der Waals surface area contributed by atoms with E-state index in [1.54, 1.807) is 10.6 Å². The summed E-state index contributed by atoms with van der Waals surface area (Å²) in [5.74, 6) is -0.707. The lowest BCUT2D eigenvalue weighted by Gasteiger charge is -2.16. The number of nitrogens with two attached hydrogens (primary N) is 2. The third-order valence-corrected chi connectivity index (χ3v) is 5.43. The van der Waals surface area contributed by atoms with Gasteiger partial charge in [0.25, 0.3) is 0 Å². The standard InChI is InChI=1S/C21H22FN5O2/c1-2-27-10-13(21(24)26-29)20(28)17-16(27)9-15(18(22)19(17)23)25-14-8-12(14)11-6-4-3-5-7-11/h3-7,9-10,12,14,25,29H,2,8,23H2,1H3,(H2,24,26). The maximum absolute atomic E-state index is 15.0. The first-order valence-electron chi connectivity index (χ1n) is 9.40. The number of rotatable bonds is 5. The summed E-state index contributed by atoms with van der Waals surface area (Å²) in [6.07, 6.45) is 2.38. The number of halogens is 1. The SMILES string of the molecule is CCn1cc(C(N)=NO)c(=O)c2c(N)c(F)c(NC3CC3c3ccccc3)cc21. The average Bonchev–Trinajstić information content (AvgIpc) is 3.51. The number of hydrogen-bond acceptors (Lipinski definition) is 5. The highest BCUT2D eigenvalue weighted by Crippen LogP contribution is 2.43. The molecule has 1 aliphatic rings. The normalized spacial score (nSPS) is 18.8. The van der Waals surface area contributed by atoms with Crippen molar-refractivity contribution >= 4 is 28.1 Å². The van der Waals surface area contributed by atoms with Crippen LogP contribution in [0, 0.1) is 5.82 Å². The number of benzene rings is 2. The smallest absolute Gasteiger partial charge is 0.202 e. The number of oxime groups is 1. The molecule has 3 aromatic rings. The number of fused-ring (bicyclic) bond motifs is 1. The minimum Gasteiger partial charge on any atom is -0.409 e. The second-order valence-electron chi connectivity index (χ2n) is 7.19. The maximum Gasteiger partial charge on any atom is 0.202 e. The van der Waals surface area contributed by atoms with E-state index in [0.717, 1.165) is 6.42 Å². The molecule has 0 saturated heterocycles. The molecule has 0 spiro atoms. The first kappa shape index (κ1) is 18.8. The molecule has 1 aliphatic carbocycles. The van der Waals surface area contributed by atoms with Crippen LogP contribution in [0.2, 0.25) is 0 Å². The molecule has 1 saturated carbocycles. The van der Waals surface area contributed by atoms with E-state index in [0.29, 0.717) is 18.0 Å². The van der Waals surface area contributed by atoms with Crippen molar-refractivity contribution in [3.63, 3.8) is 0 Å². The van der Waals surface area contributed by atoms with Crippen LogP contribution in [-0.2, 0) is 6.54 Å². The van der Waals surface area contributed by atoms with Crippen LogP contribution >= 0.6 is 0 Å². The Morgan fingerprint density at radius 1 is 1.38 bits per heavy atom. The molecule has 2 atom stereocenters. The van der Waals surface area contributed by atoms with Gasteiger partial charge in [-0.15, -0.1) is 0 Å². The van der Waals surface area contributed by atoms with Gasteiger partial charge < -0.3 is 26.6 Å². The van der Waals surface area contributed by atoms with Gasteiger partial charge in [0, 0.05) is 24.7 Å². The number of pyridine rings is 1. The van der Waals surface area contributed by atoms with Crippen LogP contribution in [0.1, 0.15) is 30.4 Å². The zero-order chi connectivity index (χ0) is 20.7. The summed E-state index contributed by atoms with van der Waals surface area (Å²) in [5.41, 5.74) is 12.7. The third kappa shape index (κ3) is 3.16. The summed E-state index contributed by atoms with van der Waals surface area (Å²) in [6.45, 7) is 2.36. The quantitative estimate of drug-likeness (QED) is 0.174. The Labute approximate surface area is 166 Å². The molecular weight excluding hydrogens is 373 g/mol. The second-order valence-corrected chi connectivity index (χ2v) is 7.19. The van der Waals surface area contributed by atoms with E-state index in [4.69, 9.17) is 16.7 Å². The third-order valence-electron chi connectivity index (χ3n) is 5.43. The van der Waals surface area contributed by atoms with E-state index in [9.17, 15) is 4.79 Å². The summed E-state index contributed by atoms with van der Waals surface area (Å²) < 4.78 is 16.8. The van der Waals surface area contributed by atoms with Crippen molar-refractivity contribution in [2.45, 2.75) is 31.8 Å². The van der Waals surface area contributed by atoms with Gasteiger partial charge in [-0.25, -0.2) is 4.39 Å². The maximum atomic E-state index is 15.0. The fourth-order valence-electron chi connectivity index (χ4n) is 3.77. The lowest BCUT2D eigenvalue weighted by Crippen LogP contribution is -2.26. The number of anilines is 2. The zero-order valence-electron chi connectivity index (χ0n) is 15.9. The average molecular weight is 395 g/mol. The molecule has 7 nitrogen and oxygen atoms in total. The number of aromatic nitrogens is 1. The van der Waals surface area contributed by atoms with Gasteiger partial charge in [-0.3, -0.25) is 4.79 Å². The molecule has 29 heavy (non-hydrogen) atoms. The number of amidine groups is 1. The Morgan fingerprint density at radius 2 is 2.10 bits per heavy atom. The zero-order valence-corrected chi connectivity index (χ0v) is 15.9. The molecular formula is C21H22FN5O2. The largest absolute Gasteiger partial charge is 0.409 e. The lowest BCUT2D eigenvalue weighted by molar-refractivity contribution is 0.318. The molecule has 2 unspecified atom stereocenters. The van der Waals surface area contributed by atoms with Gasteiger partial charge >= 0.3 is 0 Å². The van der Waals surface area contributed by atoms with Gasteiger partial charge in [-0.1, -0.05) is 35.5 Å². The van der Waals surface area contributed by atoms with Crippen LogP contribution in [0.3, 0.4) is 0 Å². The van der Waals surface area contributed by atoms with E-state index < -0.39 is 11.2 Å². The molecule has 0 radical (unpaired) electrons. The molecule has 1 aromatic heterocycles. The van der Waals surface area contributed by atoms with Crippen molar-refractivity contribution < 1.29 is 9.60 Å².